The van der Waals surface area contributed by atoms with Crippen LogP contribution in [0, 0.1) is 0 Å². The molecule has 1 N–H and O–H groups in total. The normalized spacial score (nSPS) is 24.2. The Kier molecular flexibility index (Phi) is 5.79. The van der Waals surface area contributed by atoms with Crippen LogP contribution in [0.2, 0.25) is 0 Å². The number of benzene rings is 2. The van der Waals surface area contributed by atoms with Gasteiger partial charge in [0.15, 0.2) is 0 Å². The van der Waals surface area contributed by atoms with Crippen molar-refractivity contribution < 1.29 is 14.4 Å². The van der Waals surface area contributed by atoms with E-state index in [2.05, 4.69) is 52.7 Å². The molecule has 6 heteroatoms. The van der Waals surface area contributed by atoms with Crippen molar-refractivity contribution in [2.24, 2.45) is 0 Å². The van der Waals surface area contributed by atoms with E-state index < -0.39 is 6.04 Å². The molecule has 6 nitrogen and oxygen atoms in total. The number of hydrogen-bond acceptors (Lipinski definition) is 4. The van der Waals surface area contributed by atoms with Gasteiger partial charge < -0.3 is 4.90 Å². The van der Waals surface area contributed by atoms with Crippen LogP contribution >= 0.6 is 0 Å². The fraction of sp³-hybridized carbons (Fsp3) is 0.423. The highest BCUT2D eigenvalue weighted by molar-refractivity contribution is 6.05. The molecule has 2 fully saturated rings. The number of imide groups is 1. The molecule has 0 saturated carbocycles. The van der Waals surface area contributed by atoms with E-state index in [-0.39, 0.29) is 24.1 Å². The molecular weight excluding hydrogens is 402 g/mol. The number of rotatable bonds is 4. The molecule has 3 heterocycles. The van der Waals surface area contributed by atoms with Gasteiger partial charge in [-0.05, 0) is 67.4 Å². The van der Waals surface area contributed by atoms with Gasteiger partial charge in [-0.15, -0.1) is 0 Å². The Morgan fingerprint density at radius 3 is 2.59 bits per heavy atom. The lowest BCUT2D eigenvalue weighted by atomic mass is 9.90. The molecule has 2 atom stereocenters. The van der Waals surface area contributed by atoms with E-state index >= 15 is 0 Å². The zero-order chi connectivity index (χ0) is 22.1. The minimum atomic E-state index is -0.555. The van der Waals surface area contributed by atoms with Crippen molar-refractivity contribution in [2.75, 3.05) is 13.1 Å². The maximum absolute atomic E-state index is 12.9. The highest BCUT2D eigenvalue weighted by Crippen LogP contribution is 2.33. The predicted octanol–water partition coefficient (Wildman–Crippen LogP) is 3.22. The first-order valence-electron chi connectivity index (χ1n) is 11.6. The fourth-order valence-electron chi connectivity index (χ4n) is 5.34. The molecule has 0 unspecified atom stereocenters. The molecule has 3 amide bonds. The number of nitrogens with zero attached hydrogens (tertiary/aromatic N) is 2. The maximum Gasteiger partial charge on any atom is 0.255 e. The minimum absolute atomic E-state index is 0.101. The highest BCUT2D eigenvalue weighted by Gasteiger charge is 2.39. The molecule has 3 aliphatic heterocycles. The number of amides is 3. The Bertz CT molecular complexity index is 1040. The van der Waals surface area contributed by atoms with E-state index in [9.17, 15) is 14.4 Å². The molecule has 0 aromatic heterocycles. The third-order valence-electron chi connectivity index (χ3n) is 7.09. The zero-order valence-corrected chi connectivity index (χ0v) is 18.3. The number of nitrogens with one attached hydrogen (secondary N) is 1. The van der Waals surface area contributed by atoms with Gasteiger partial charge in [0.2, 0.25) is 11.8 Å². The molecule has 0 radical (unpaired) electrons. The Labute approximate surface area is 188 Å². The number of fused-ring (bicyclic) bond motifs is 1. The molecule has 0 aliphatic carbocycles. The van der Waals surface area contributed by atoms with Gasteiger partial charge in [0, 0.05) is 25.1 Å². The molecule has 3 aliphatic rings. The summed E-state index contributed by atoms with van der Waals surface area (Å²) >= 11 is 0. The van der Waals surface area contributed by atoms with Crippen LogP contribution in [0.1, 0.15) is 65.1 Å². The van der Waals surface area contributed by atoms with Gasteiger partial charge in [0.25, 0.3) is 5.91 Å². The Hall–Kier alpha value is -2.99. The van der Waals surface area contributed by atoms with Crippen molar-refractivity contribution in [3.05, 3.63) is 70.8 Å². The number of carbonyl (C=O) groups is 3. The van der Waals surface area contributed by atoms with E-state index in [1.807, 2.05) is 6.07 Å². The van der Waals surface area contributed by atoms with E-state index in [1.54, 1.807) is 4.90 Å². The summed E-state index contributed by atoms with van der Waals surface area (Å²) in [5.74, 6) is -0.228. The average molecular weight is 432 g/mol. The molecule has 0 bridgehead atoms. The van der Waals surface area contributed by atoms with Crippen LogP contribution in [0.25, 0.3) is 0 Å². The smallest absolute Gasteiger partial charge is 0.255 e. The molecule has 5 rings (SSSR count). The van der Waals surface area contributed by atoms with Gasteiger partial charge in [0.1, 0.15) is 6.04 Å². The first-order chi connectivity index (χ1) is 15.6. The molecule has 0 spiro atoms. The largest absolute Gasteiger partial charge is 0.322 e. The summed E-state index contributed by atoms with van der Waals surface area (Å²) in [5.41, 5.74) is 4.35. The number of piperidine rings is 1. The van der Waals surface area contributed by atoms with E-state index in [1.165, 1.54) is 11.1 Å². The van der Waals surface area contributed by atoms with Crippen molar-refractivity contribution in [3.63, 3.8) is 0 Å². The molecule has 2 aromatic carbocycles. The fourth-order valence-corrected chi connectivity index (χ4v) is 5.34. The quantitative estimate of drug-likeness (QED) is 0.755. The number of carbonyl (C=O) groups excluding carboxylic acids is 3. The number of likely N-dealkylation sites (tertiary alicyclic amines) is 1. The van der Waals surface area contributed by atoms with Gasteiger partial charge in [-0.1, -0.05) is 42.5 Å². The maximum atomic E-state index is 12.9. The SMILES string of the molecule is O=C1CC[C@H](N2Cc3cc([C@H]4CCCN(Cc5ccccc5)CC4)ccc3C2=O)C(=O)N1. The van der Waals surface area contributed by atoms with Gasteiger partial charge >= 0.3 is 0 Å². The molecule has 2 aromatic rings. The summed E-state index contributed by atoms with van der Waals surface area (Å²) in [6, 6.07) is 16.3. The van der Waals surface area contributed by atoms with Gasteiger partial charge in [-0.25, -0.2) is 0 Å². The Morgan fingerprint density at radius 1 is 0.938 bits per heavy atom. The van der Waals surface area contributed by atoms with Crippen molar-refractivity contribution in [2.45, 2.75) is 57.2 Å². The molecule has 166 valence electrons. The van der Waals surface area contributed by atoms with Crippen LogP contribution in [0.5, 0.6) is 0 Å². The lowest BCUT2D eigenvalue weighted by Crippen LogP contribution is -2.52. The monoisotopic (exact) mass is 431 g/mol. The first-order valence-corrected chi connectivity index (χ1v) is 11.6. The van der Waals surface area contributed by atoms with Crippen LogP contribution in [-0.4, -0.2) is 46.7 Å². The molecule has 2 saturated heterocycles. The lowest BCUT2D eigenvalue weighted by molar-refractivity contribution is -0.136. The summed E-state index contributed by atoms with van der Waals surface area (Å²) < 4.78 is 0. The third-order valence-corrected chi connectivity index (χ3v) is 7.09. The molecule has 32 heavy (non-hydrogen) atoms. The van der Waals surface area contributed by atoms with Gasteiger partial charge in [-0.3, -0.25) is 24.6 Å². The van der Waals surface area contributed by atoms with Gasteiger partial charge in [-0.2, -0.15) is 0 Å². The van der Waals surface area contributed by atoms with Crippen molar-refractivity contribution in [1.29, 1.82) is 0 Å². The predicted molar refractivity (Wildman–Crippen MR) is 121 cm³/mol. The topological polar surface area (TPSA) is 69.7 Å². The van der Waals surface area contributed by atoms with Crippen molar-refractivity contribution in [1.82, 2.24) is 15.1 Å². The van der Waals surface area contributed by atoms with Crippen LogP contribution in [0.3, 0.4) is 0 Å². The second-order valence-corrected chi connectivity index (χ2v) is 9.21. The number of hydrogen-bond donors (Lipinski definition) is 1. The lowest BCUT2D eigenvalue weighted by Gasteiger charge is -2.29. The summed E-state index contributed by atoms with van der Waals surface area (Å²) in [7, 11) is 0. The van der Waals surface area contributed by atoms with E-state index in [0.717, 1.165) is 44.5 Å². The van der Waals surface area contributed by atoms with E-state index in [0.29, 0.717) is 24.4 Å². The second-order valence-electron chi connectivity index (χ2n) is 9.21. The highest BCUT2D eigenvalue weighted by atomic mass is 16.2. The average Bonchev–Trinajstić information content (AvgIpc) is 2.95. The van der Waals surface area contributed by atoms with Gasteiger partial charge in [0.05, 0.1) is 0 Å². The first kappa shape index (κ1) is 20.9. The minimum Gasteiger partial charge on any atom is -0.322 e. The standard InChI is InChI=1S/C26H29N3O3/c30-24-11-10-23(25(31)27-24)29-17-21-15-20(8-9-22(21)26(29)32)19-7-4-13-28(14-12-19)16-18-5-2-1-3-6-18/h1-3,5-6,8-9,15,19,23H,4,7,10-14,16-17H2,(H,27,30,31)/t19-,23-/m0/s1. The van der Waals surface area contributed by atoms with Crippen LogP contribution in [0.15, 0.2) is 48.5 Å². The summed E-state index contributed by atoms with van der Waals surface area (Å²) in [6.45, 7) is 3.62. The Morgan fingerprint density at radius 2 is 1.78 bits per heavy atom. The van der Waals surface area contributed by atoms with Crippen LogP contribution in [0.4, 0.5) is 0 Å². The van der Waals surface area contributed by atoms with Crippen molar-refractivity contribution >= 4 is 17.7 Å². The zero-order valence-electron chi connectivity index (χ0n) is 18.3. The van der Waals surface area contributed by atoms with E-state index in [4.69, 9.17) is 0 Å². The second kappa shape index (κ2) is 8.87. The van der Waals surface area contributed by atoms with Crippen LogP contribution < -0.4 is 5.32 Å². The van der Waals surface area contributed by atoms with Crippen LogP contribution in [-0.2, 0) is 22.7 Å². The van der Waals surface area contributed by atoms with Crippen molar-refractivity contribution in [3.8, 4) is 0 Å². The summed E-state index contributed by atoms with van der Waals surface area (Å²) in [4.78, 5) is 40.8. The molecular formula is C26H29N3O3. The summed E-state index contributed by atoms with van der Waals surface area (Å²) in [5, 5.41) is 2.37. The third kappa shape index (κ3) is 4.19. The summed E-state index contributed by atoms with van der Waals surface area (Å²) in [6.07, 6.45) is 4.10. The Balaban J connectivity index is 1.26.